The maximum absolute atomic E-state index is 12.8. The summed E-state index contributed by atoms with van der Waals surface area (Å²) in [7, 11) is 0. The number of aryl methyl sites for hydroxylation is 1. The Morgan fingerprint density at radius 2 is 2.04 bits per heavy atom. The minimum absolute atomic E-state index is 0.150. The lowest BCUT2D eigenvalue weighted by Crippen LogP contribution is -2.34. The first-order valence-corrected chi connectivity index (χ1v) is 8.92. The van der Waals surface area contributed by atoms with Gasteiger partial charge in [0.1, 0.15) is 5.69 Å². The van der Waals surface area contributed by atoms with E-state index >= 15 is 0 Å². The van der Waals surface area contributed by atoms with Gasteiger partial charge in [-0.15, -0.1) is 0 Å². The van der Waals surface area contributed by atoms with Gasteiger partial charge in [0, 0.05) is 18.3 Å². The zero-order valence-corrected chi connectivity index (χ0v) is 15.2. The van der Waals surface area contributed by atoms with Gasteiger partial charge in [0.15, 0.2) is 0 Å². The summed E-state index contributed by atoms with van der Waals surface area (Å²) < 4.78 is 0. The molecule has 0 unspecified atom stereocenters. The first-order valence-electron chi connectivity index (χ1n) is 8.92. The maximum Gasteiger partial charge on any atom is 0.272 e. The highest BCUT2D eigenvalue weighted by Crippen LogP contribution is 2.16. The number of aromatic amines is 1. The van der Waals surface area contributed by atoms with Crippen LogP contribution in [-0.4, -0.2) is 27.3 Å². The molecule has 1 amide bonds. The fraction of sp³-hybridized carbons (Fsp3) is 0.286. The van der Waals surface area contributed by atoms with Crippen LogP contribution in [0, 0.1) is 6.92 Å². The second kappa shape index (κ2) is 7.95. The van der Waals surface area contributed by atoms with E-state index in [1.165, 1.54) is 0 Å². The van der Waals surface area contributed by atoms with Gasteiger partial charge in [-0.05, 0) is 42.5 Å². The molecular formula is C21H23N3O2. The summed E-state index contributed by atoms with van der Waals surface area (Å²) in [5, 5.41) is 0.973. The molecule has 0 saturated heterocycles. The molecule has 0 atom stereocenters. The fourth-order valence-corrected chi connectivity index (χ4v) is 3.00. The van der Waals surface area contributed by atoms with Crippen molar-refractivity contribution in [3.8, 4) is 0 Å². The highest BCUT2D eigenvalue weighted by molar-refractivity contribution is 5.92. The molecule has 5 nitrogen and oxygen atoms in total. The van der Waals surface area contributed by atoms with Crippen molar-refractivity contribution in [3.05, 3.63) is 75.8 Å². The second-order valence-corrected chi connectivity index (χ2v) is 6.46. The summed E-state index contributed by atoms with van der Waals surface area (Å²) in [6.45, 7) is 4.91. The Balaban J connectivity index is 1.94. The summed E-state index contributed by atoms with van der Waals surface area (Å²) in [5.41, 5.74) is 2.71. The standard InChI is InChI=1S/C21H23N3O2/c1-3-4-12-24(21(26)18-10-5-6-11-22-18)14-17-13-16-9-7-8-15(2)19(16)23-20(17)25/h5-11,13H,3-4,12,14H2,1-2H3,(H,23,25). The predicted molar refractivity (Wildman–Crippen MR) is 103 cm³/mol. The van der Waals surface area contributed by atoms with Gasteiger partial charge < -0.3 is 9.88 Å². The van der Waals surface area contributed by atoms with Gasteiger partial charge in [0.05, 0.1) is 12.1 Å². The number of nitrogens with zero attached hydrogens (tertiary/aromatic N) is 2. The van der Waals surface area contributed by atoms with Crippen LogP contribution in [0.15, 0.2) is 53.5 Å². The zero-order valence-electron chi connectivity index (χ0n) is 15.2. The molecule has 5 heteroatoms. The van der Waals surface area contributed by atoms with Gasteiger partial charge in [-0.2, -0.15) is 0 Å². The molecular weight excluding hydrogens is 326 g/mol. The predicted octanol–water partition coefficient (Wildman–Crippen LogP) is 3.67. The average Bonchev–Trinajstić information content (AvgIpc) is 2.66. The molecule has 2 aromatic heterocycles. The molecule has 0 aliphatic rings. The van der Waals surface area contributed by atoms with Gasteiger partial charge in [-0.25, -0.2) is 0 Å². The average molecular weight is 349 g/mol. The van der Waals surface area contributed by atoms with E-state index in [1.54, 1.807) is 29.3 Å². The van der Waals surface area contributed by atoms with E-state index in [2.05, 4.69) is 16.9 Å². The first-order chi connectivity index (χ1) is 12.6. The fourth-order valence-electron chi connectivity index (χ4n) is 3.00. The number of hydrogen-bond donors (Lipinski definition) is 1. The maximum atomic E-state index is 12.8. The van der Waals surface area contributed by atoms with Gasteiger partial charge >= 0.3 is 0 Å². The van der Waals surface area contributed by atoms with Gasteiger partial charge in [0.25, 0.3) is 11.5 Å². The third kappa shape index (κ3) is 3.82. The number of fused-ring (bicyclic) bond motifs is 1. The molecule has 0 spiro atoms. The van der Waals surface area contributed by atoms with E-state index in [-0.39, 0.29) is 18.0 Å². The Morgan fingerprint density at radius 3 is 2.77 bits per heavy atom. The van der Waals surface area contributed by atoms with Gasteiger partial charge in [-0.1, -0.05) is 37.6 Å². The molecule has 26 heavy (non-hydrogen) atoms. The summed E-state index contributed by atoms with van der Waals surface area (Å²) in [4.78, 5) is 34.2. The number of unbranched alkanes of at least 4 members (excludes halogenated alkanes) is 1. The van der Waals surface area contributed by atoms with Crippen LogP contribution < -0.4 is 5.56 Å². The van der Waals surface area contributed by atoms with Crippen LogP contribution in [0.4, 0.5) is 0 Å². The summed E-state index contributed by atoms with van der Waals surface area (Å²) in [6, 6.07) is 13.1. The van der Waals surface area contributed by atoms with Crippen molar-refractivity contribution in [1.82, 2.24) is 14.9 Å². The van der Waals surface area contributed by atoms with E-state index in [0.717, 1.165) is 29.3 Å². The number of carbonyl (C=O) groups excluding carboxylic acids is 1. The van der Waals surface area contributed by atoms with Crippen molar-refractivity contribution < 1.29 is 4.79 Å². The van der Waals surface area contributed by atoms with E-state index in [0.29, 0.717) is 17.8 Å². The minimum Gasteiger partial charge on any atom is -0.333 e. The third-order valence-electron chi connectivity index (χ3n) is 4.48. The molecule has 3 rings (SSSR count). The van der Waals surface area contributed by atoms with Crippen LogP contribution in [-0.2, 0) is 6.54 Å². The lowest BCUT2D eigenvalue weighted by atomic mass is 10.1. The monoisotopic (exact) mass is 349 g/mol. The Morgan fingerprint density at radius 1 is 1.19 bits per heavy atom. The summed E-state index contributed by atoms with van der Waals surface area (Å²) >= 11 is 0. The number of aromatic nitrogens is 2. The Kier molecular flexibility index (Phi) is 5.46. The lowest BCUT2D eigenvalue weighted by Gasteiger charge is -2.22. The molecule has 0 saturated carbocycles. The zero-order chi connectivity index (χ0) is 18.5. The Bertz CT molecular complexity index is 964. The van der Waals surface area contributed by atoms with Crippen molar-refractivity contribution in [2.24, 2.45) is 0 Å². The van der Waals surface area contributed by atoms with E-state index < -0.39 is 0 Å². The first kappa shape index (κ1) is 17.9. The van der Waals surface area contributed by atoms with Crippen molar-refractivity contribution in [2.75, 3.05) is 6.54 Å². The van der Waals surface area contributed by atoms with Gasteiger partial charge in [-0.3, -0.25) is 14.6 Å². The van der Waals surface area contributed by atoms with Crippen LogP contribution >= 0.6 is 0 Å². The Hall–Kier alpha value is -2.95. The summed E-state index contributed by atoms with van der Waals surface area (Å²) in [6.07, 6.45) is 3.46. The van der Waals surface area contributed by atoms with Crippen LogP contribution in [0.25, 0.3) is 10.9 Å². The van der Waals surface area contributed by atoms with Crippen LogP contribution in [0.1, 0.15) is 41.4 Å². The molecule has 0 fully saturated rings. The van der Waals surface area contributed by atoms with Crippen molar-refractivity contribution in [3.63, 3.8) is 0 Å². The molecule has 0 aliphatic heterocycles. The highest BCUT2D eigenvalue weighted by Gasteiger charge is 2.18. The van der Waals surface area contributed by atoms with E-state index in [9.17, 15) is 9.59 Å². The second-order valence-electron chi connectivity index (χ2n) is 6.46. The van der Waals surface area contributed by atoms with Gasteiger partial charge in [0.2, 0.25) is 0 Å². The van der Waals surface area contributed by atoms with E-state index in [4.69, 9.17) is 0 Å². The molecule has 3 aromatic rings. The summed E-state index contributed by atoms with van der Waals surface area (Å²) in [5.74, 6) is -0.150. The molecule has 1 aromatic carbocycles. The topological polar surface area (TPSA) is 66.1 Å². The van der Waals surface area contributed by atoms with Crippen molar-refractivity contribution in [2.45, 2.75) is 33.2 Å². The molecule has 0 bridgehead atoms. The number of hydrogen-bond acceptors (Lipinski definition) is 3. The molecule has 0 radical (unpaired) electrons. The highest BCUT2D eigenvalue weighted by atomic mass is 16.2. The normalized spacial score (nSPS) is 10.8. The number of rotatable bonds is 6. The number of amides is 1. The quantitative estimate of drug-likeness (QED) is 0.738. The van der Waals surface area contributed by atoms with E-state index in [1.807, 2.05) is 31.2 Å². The van der Waals surface area contributed by atoms with Crippen LogP contribution in [0.5, 0.6) is 0 Å². The molecule has 134 valence electrons. The largest absolute Gasteiger partial charge is 0.333 e. The molecule has 1 N–H and O–H groups in total. The number of pyridine rings is 2. The number of nitrogens with one attached hydrogen (secondary N) is 1. The van der Waals surface area contributed by atoms with Crippen LogP contribution in [0.3, 0.4) is 0 Å². The minimum atomic E-state index is -0.151. The lowest BCUT2D eigenvalue weighted by molar-refractivity contribution is 0.0734. The SMILES string of the molecule is CCCCN(Cc1cc2cccc(C)c2[nH]c1=O)C(=O)c1ccccn1. The smallest absolute Gasteiger partial charge is 0.272 e. The van der Waals surface area contributed by atoms with Crippen LogP contribution in [0.2, 0.25) is 0 Å². The van der Waals surface area contributed by atoms with Crippen molar-refractivity contribution >= 4 is 16.8 Å². The third-order valence-corrected chi connectivity index (χ3v) is 4.48. The molecule has 2 heterocycles. The van der Waals surface area contributed by atoms with Crippen molar-refractivity contribution in [1.29, 1.82) is 0 Å². The number of carbonyl (C=O) groups is 1. The number of para-hydroxylation sites is 1. The Labute approximate surface area is 152 Å². The number of H-pyrrole nitrogens is 1. The number of benzene rings is 1. The molecule has 0 aliphatic carbocycles.